The predicted molar refractivity (Wildman–Crippen MR) is 38.6 cm³/mol. The highest BCUT2D eigenvalue weighted by atomic mass is 16.2. The smallest absolute Gasteiger partial charge is 0.247 e. The zero-order chi connectivity index (χ0) is 8.36. The molecule has 1 atom stereocenters. The number of likely N-dealkylation sites (N-methyl/N-ethyl adjacent to an activating group) is 1. The number of amides is 1. The van der Waals surface area contributed by atoms with Crippen LogP contribution in [0.3, 0.4) is 0 Å². The average Bonchev–Trinajstić information content (AvgIpc) is 1.86. The Labute approximate surface area is 59.3 Å². The summed E-state index contributed by atoms with van der Waals surface area (Å²) >= 11 is 0. The third-order valence-corrected chi connectivity index (χ3v) is 1.26. The zero-order valence-corrected chi connectivity index (χ0v) is 6.06. The second-order valence-corrected chi connectivity index (χ2v) is 2.20. The number of rotatable bonds is 2. The number of carbonyl (C=O) groups excluding carboxylic acids is 1. The van der Waals surface area contributed by atoms with Gasteiger partial charge in [0, 0.05) is 7.05 Å². The van der Waals surface area contributed by atoms with Crippen molar-refractivity contribution in [1.82, 2.24) is 5.32 Å². The maximum absolute atomic E-state index is 10.8. The molecule has 0 heterocycles. The second-order valence-electron chi connectivity index (χ2n) is 2.20. The Morgan fingerprint density at radius 1 is 1.70 bits per heavy atom. The van der Waals surface area contributed by atoms with Crippen LogP contribution in [0.2, 0.25) is 0 Å². The number of carbonyl (C=O) groups is 1. The number of hydrogen-bond donors (Lipinski definition) is 4. The molecular weight excluding hydrogens is 132 g/mol. The van der Waals surface area contributed by atoms with Gasteiger partial charge >= 0.3 is 0 Å². The van der Waals surface area contributed by atoms with Crippen LogP contribution in [-0.4, -0.2) is 24.3 Å². The van der Waals surface area contributed by atoms with E-state index in [1.807, 2.05) is 0 Å². The maximum Gasteiger partial charge on any atom is 0.247 e. The Balaban J connectivity index is 4.40. The van der Waals surface area contributed by atoms with E-state index >= 15 is 0 Å². The zero-order valence-electron chi connectivity index (χ0n) is 6.06. The van der Waals surface area contributed by atoms with Gasteiger partial charge in [-0.15, -0.1) is 0 Å². The molecule has 0 spiro atoms. The van der Waals surface area contributed by atoms with Gasteiger partial charge in [0.25, 0.3) is 0 Å². The van der Waals surface area contributed by atoms with Crippen molar-refractivity contribution in [2.75, 3.05) is 7.05 Å². The molecule has 5 heteroatoms. The van der Waals surface area contributed by atoms with E-state index in [0.29, 0.717) is 0 Å². The van der Waals surface area contributed by atoms with Crippen LogP contribution in [0, 0.1) is 5.41 Å². The molecule has 0 radical (unpaired) electrons. The first-order valence-electron chi connectivity index (χ1n) is 2.78. The average molecular weight is 144 g/mol. The lowest BCUT2D eigenvalue weighted by Gasteiger charge is -2.19. The van der Waals surface area contributed by atoms with Crippen molar-refractivity contribution in [3.05, 3.63) is 0 Å². The molecule has 1 amide bonds. The van der Waals surface area contributed by atoms with Crippen LogP contribution in [0.15, 0.2) is 0 Å². The second kappa shape index (κ2) is 2.66. The topological polar surface area (TPSA) is 105 Å². The normalized spacial score (nSPS) is 15.5. The summed E-state index contributed by atoms with van der Waals surface area (Å²) in [7, 11) is 1.44. The predicted octanol–water partition coefficient (Wildman–Crippen LogP) is -1.61. The number of amidine groups is 1. The molecular formula is C5H12N4O. The molecule has 0 aliphatic carbocycles. The first-order valence-corrected chi connectivity index (χ1v) is 2.78. The molecule has 0 aromatic rings. The van der Waals surface area contributed by atoms with E-state index < -0.39 is 11.4 Å². The fraction of sp³-hybridized carbons (Fsp3) is 0.600. The van der Waals surface area contributed by atoms with Crippen LogP contribution in [0.25, 0.3) is 0 Å². The van der Waals surface area contributed by atoms with Crippen molar-refractivity contribution in [2.45, 2.75) is 12.5 Å². The van der Waals surface area contributed by atoms with E-state index in [2.05, 4.69) is 5.32 Å². The minimum Gasteiger partial charge on any atom is -0.386 e. The summed E-state index contributed by atoms with van der Waals surface area (Å²) in [6, 6.07) is 0. The quantitative estimate of drug-likeness (QED) is 0.276. The molecule has 10 heavy (non-hydrogen) atoms. The Morgan fingerprint density at radius 2 is 2.10 bits per heavy atom. The van der Waals surface area contributed by atoms with E-state index in [-0.39, 0.29) is 5.84 Å². The van der Waals surface area contributed by atoms with E-state index in [4.69, 9.17) is 16.9 Å². The first-order chi connectivity index (χ1) is 4.42. The molecule has 0 aromatic heterocycles. The summed E-state index contributed by atoms with van der Waals surface area (Å²) in [5.74, 6) is -0.799. The Kier molecular flexibility index (Phi) is 2.36. The van der Waals surface area contributed by atoms with Crippen molar-refractivity contribution >= 4 is 11.7 Å². The van der Waals surface area contributed by atoms with Crippen molar-refractivity contribution in [1.29, 1.82) is 5.41 Å². The van der Waals surface area contributed by atoms with E-state index in [1.165, 1.54) is 14.0 Å². The fourth-order valence-electron chi connectivity index (χ4n) is 0.382. The minimum absolute atomic E-state index is 0.341. The van der Waals surface area contributed by atoms with Gasteiger partial charge in [0.05, 0.1) is 0 Å². The number of hydrogen-bond acceptors (Lipinski definition) is 3. The van der Waals surface area contributed by atoms with Gasteiger partial charge in [-0.2, -0.15) is 0 Å². The van der Waals surface area contributed by atoms with Gasteiger partial charge in [-0.25, -0.2) is 0 Å². The van der Waals surface area contributed by atoms with Crippen molar-refractivity contribution in [3.8, 4) is 0 Å². The van der Waals surface area contributed by atoms with Gasteiger partial charge in [-0.1, -0.05) is 0 Å². The first kappa shape index (κ1) is 8.90. The van der Waals surface area contributed by atoms with Crippen molar-refractivity contribution in [2.24, 2.45) is 11.5 Å². The molecule has 0 bridgehead atoms. The highest BCUT2D eigenvalue weighted by molar-refractivity contribution is 6.09. The van der Waals surface area contributed by atoms with Crippen LogP contribution in [-0.2, 0) is 4.79 Å². The minimum atomic E-state index is -1.38. The van der Waals surface area contributed by atoms with E-state index in [1.54, 1.807) is 0 Å². The van der Waals surface area contributed by atoms with Crippen LogP contribution >= 0.6 is 0 Å². The molecule has 0 fully saturated rings. The molecule has 0 rings (SSSR count). The summed E-state index contributed by atoms with van der Waals surface area (Å²) in [5.41, 5.74) is 9.02. The number of nitrogens with one attached hydrogen (secondary N) is 2. The summed E-state index contributed by atoms with van der Waals surface area (Å²) < 4.78 is 0. The maximum atomic E-state index is 10.8. The van der Waals surface area contributed by atoms with Crippen molar-refractivity contribution in [3.63, 3.8) is 0 Å². The fourth-order valence-corrected chi connectivity index (χ4v) is 0.382. The third-order valence-electron chi connectivity index (χ3n) is 1.26. The van der Waals surface area contributed by atoms with Gasteiger partial charge in [-0.05, 0) is 6.92 Å². The number of nitrogens with two attached hydrogens (primary N) is 2. The summed E-state index contributed by atoms with van der Waals surface area (Å²) in [6.45, 7) is 1.38. The highest BCUT2D eigenvalue weighted by Crippen LogP contribution is 1.96. The van der Waals surface area contributed by atoms with Crippen molar-refractivity contribution < 1.29 is 4.79 Å². The van der Waals surface area contributed by atoms with E-state index in [9.17, 15) is 4.79 Å². The largest absolute Gasteiger partial charge is 0.386 e. The Bertz CT molecular complexity index is 163. The lowest BCUT2D eigenvalue weighted by atomic mass is 10.0. The summed E-state index contributed by atoms with van der Waals surface area (Å²) in [4.78, 5) is 10.8. The van der Waals surface area contributed by atoms with Gasteiger partial charge in [0.15, 0.2) is 0 Å². The van der Waals surface area contributed by atoms with Gasteiger partial charge in [-0.3, -0.25) is 10.2 Å². The standard InChI is InChI=1S/C5H12N4O/c1-5(8,3(6)7)4(10)9-2/h8H2,1-2H3,(H3,6,7)(H,9,10). The summed E-state index contributed by atoms with van der Waals surface area (Å²) in [5, 5.41) is 9.22. The van der Waals surface area contributed by atoms with Gasteiger partial charge in [0.1, 0.15) is 11.4 Å². The molecule has 1 unspecified atom stereocenters. The molecule has 0 aliphatic rings. The molecule has 0 saturated heterocycles. The van der Waals surface area contributed by atoms with Crippen LogP contribution in [0.4, 0.5) is 0 Å². The Hall–Kier alpha value is -1.10. The van der Waals surface area contributed by atoms with Gasteiger partial charge < -0.3 is 16.8 Å². The molecule has 0 saturated carbocycles. The van der Waals surface area contributed by atoms with Crippen LogP contribution in [0.5, 0.6) is 0 Å². The SMILES string of the molecule is CNC(=O)C(C)(N)C(=N)N. The van der Waals surface area contributed by atoms with E-state index in [0.717, 1.165) is 0 Å². The Morgan fingerprint density at radius 3 is 2.20 bits per heavy atom. The molecule has 5 nitrogen and oxygen atoms in total. The highest BCUT2D eigenvalue weighted by Gasteiger charge is 2.30. The molecule has 6 N–H and O–H groups in total. The monoisotopic (exact) mass is 144 g/mol. The lowest BCUT2D eigenvalue weighted by Crippen LogP contribution is -2.59. The van der Waals surface area contributed by atoms with Crippen LogP contribution < -0.4 is 16.8 Å². The molecule has 0 aliphatic heterocycles. The third kappa shape index (κ3) is 1.44. The lowest BCUT2D eigenvalue weighted by molar-refractivity contribution is -0.123. The molecule has 58 valence electrons. The van der Waals surface area contributed by atoms with Gasteiger partial charge in [0.2, 0.25) is 5.91 Å². The summed E-state index contributed by atoms with van der Waals surface area (Å²) in [6.07, 6.45) is 0. The molecule has 0 aromatic carbocycles. The van der Waals surface area contributed by atoms with Crippen LogP contribution in [0.1, 0.15) is 6.92 Å².